The minimum absolute atomic E-state index is 0.172. The molecule has 3 nitrogen and oxygen atoms in total. The molecule has 1 aromatic rings. The highest BCUT2D eigenvalue weighted by molar-refractivity contribution is 9.10. The van der Waals surface area contributed by atoms with Gasteiger partial charge in [-0.3, -0.25) is 0 Å². The molecule has 0 spiro atoms. The third-order valence-electron chi connectivity index (χ3n) is 2.73. The molecule has 1 aliphatic rings. The summed E-state index contributed by atoms with van der Waals surface area (Å²) in [6.07, 6.45) is 2.33. The lowest BCUT2D eigenvalue weighted by Crippen LogP contribution is -2.13. The number of ether oxygens (including phenoxy) is 1. The third-order valence-corrected chi connectivity index (χ3v) is 3.42. The normalized spacial score (nSPS) is 20.5. The predicted molar refractivity (Wildman–Crippen MR) is 62.3 cm³/mol. The van der Waals surface area contributed by atoms with Crippen LogP contribution in [0, 0.1) is 0 Å². The zero-order chi connectivity index (χ0) is 10.8. The number of hydrogen-bond acceptors (Lipinski definition) is 3. The summed E-state index contributed by atoms with van der Waals surface area (Å²) in [5.41, 5.74) is 1.15. The van der Waals surface area contributed by atoms with Crippen molar-refractivity contribution in [2.75, 3.05) is 13.7 Å². The van der Waals surface area contributed by atoms with Crippen molar-refractivity contribution in [2.24, 2.45) is 0 Å². The summed E-state index contributed by atoms with van der Waals surface area (Å²) in [5.74, 6) is 0.702. The van der Waals surface area contributed by atoms with Crippen LogP contribution in [0.3, 0.4) is 0 Å². The van der Waals surface area contributed by atoms with Crippen molar-refractivity contribution in [2.45, 2.75) is 18.9 Å². The van der Waals surface area contributed by atoms with E-state index in [1.54, 1.807) is 13.2 Å². The molecule has 1 saturated heterocycles. The van der Waals surface area contributed by atoms with Crippen molar-refractivity contribution in [1.29, 1.82) is 0 Å². The van der Waals surface area contributed by atoms with Gasteiger partial charge in [0.1, 0.15) is 0 Å². The van der Waals surface area contributed by atoms with E-state index in [1.165, 1.54) is 6.42 Å². The summed E-state index contributed by atoms with van der Waals surface area (Å²) < 4.78 is 6.03. The van der Waals surface area contributed by atoms with Crippen molar-refractivity contribution in [3.63, 3.8) is 0 Å². The van der Waals surface area contributed by atoms with E-state index < -0.39 is 0 Å². The van der Waals surface area contributed by atoms with E-state index in [9.17, 15) is 5.11 Å². The zero-order valence-corrected chi connectivity index (χ0v) is 10.2. The van der Waals surface area contributed by atoms with E-state index in [0.717, 1.165) is 23.0 Å². The molecule has 0 saturated carbocycles. The van der Waals surface area contributed by atoms with Crippen LogP contribution in [0.15, 0.2) is 16.6 Å². The Labute approximate surface area is 97.6 Å². The summed E-state index contributed by atoms with van der Waals surface area (Å²) in [6.45, 7) is 1.06. The lowest BCUT2D eigenvalue weighted by Gasteiger charge is -2.15. The number of phenolic OH excluding ortho intramolecular Hbond substituents is 1. The minimum Gasteiger partial charge on any atom is -0.504 e. The second kappa shape index (κ2) is 4.41. The fourth-order valence-electron chi connectivity index (χ4n) is 1.94. The molecule has 1 atom stereocenters. The van der Waals surface area contributed by atoms with Crippen LogP contribution in [0.1, 0.15) is 24.4 Å². The fourth-order valence-corrected chi connectivity index (χ4v) is 2.55. The molecule has 1 heterocycles. The van der Waals surface area contributed by atoms with Gasteiger partial charge in [-0.25, -0.2) is 0 Å². The van der Waals surface area contributed by atoms with Crippen LogP contribution < -0.4 is 10.1 Å². The molecule has 82 valence electrons. The first-order chi connectivity index (χ1) is 7.22. The minimum atomic E-state index is 0.172. The first-order valence-corrected chi connectivity index (χ1v) is 5.81. The Kier molecular flexibility index (Phi) is 3.17. The lowest BCUT2D eigenvalue weighted by atomic mass is 10.0. The Morgan fingerprint density at radius 2 is 2.33 bits per heavy atom. The molecule has 1 aromatic carbocycles. The van der Waals surface area contributed by atoms with Crippen molar-refractivity contribution in [1.82, 2.24) is 5.32 Å². The van der Waals surface area contributed by atoms with E-state index in [4.69, 9.17) is 4.74 Å². The number of halogens is 1. The highest BCUT2D eigenvalue weighted by Crippen LogP contribution is 2.37. The van der Waals surface area contributed by atoms with E-state index in [-0.39, 0.29) is 5.75 Å². The summed E-state index contributed by atoms with van der Waals surface area (Å²) in [6, 6.07) is 3.95. The van der Waals surface area contributed by atoms with Gasteiger partial charge in [-0.1, -0.05) is 15.9 Å². The fraction of sp³-hybridized carbons (Fsp3) is 0.455. The van der Waals surface area contributed by atoms with Gasteiger partial charge < -0.3 is 15.2 Å². The Bertz CT molecular complexity index is 362. The third kappa shape index (κ3) is 2.11. The van der Waals surface area contributed by atoms with Crippen LogP contribution in [-0.2, 0) is 0 Å². The zero-order valence-electron chi connectivity index (χ0n) is 8.59. The summed E-state index contributed by atoms with van der Waals surface area (Å²) in [4.78, 5) is 0. The molecule has 0 radical (unpaired) electrons. The van der Waals surface area contributed by atoms with Gasteiger partial charge >= 0.3 is 0 Å². The second-order valence-electron chi connectivity index (χ2n) is 3.69. The van der Waals surface area contributed by atoms with Crippen molar-refractivity contribution >= 4 is 15.9 Å². The van der Waals surface area contributed by atoms with Crippen LogP contribution in [0.25, 0.3) is 0 Å². The first kappa shape index (κ1) is 10.8. The molecule has 2 rings (SSSR count). The van der Waals surface area contributed by atoms with Crippen LogP contribution in [0.5, 0.6) is 11.5 Å². The summed E-state index contributed by atoms with van der Waals surface area (Å²) >= 11 is 3.46. The second-order valence-corrected chi connectivity index (χ2v) is 4.55. The Hall–Kier alpha value is -0.740. The maximum absolute atomic E-state index is 9.58. The topological polar surface area (TPSA) is 41.5 Å². The monoisotopic (exact) mass is 271 g/mol. The van der Waals surface area contributed by atoms with Gasteiger partial charge in [-0.05, 0) is 37.1 Å². The number of phenols is 1. The largest absolute Gasteiger partial charge is 0.504 e. The molecule has 4 heteroatoms. The Morgan fingerprint density at radius 1 is 1.53 bits per heavy atom. The molecule has 15 heavy (non-hydrogen) atoms. The number of benzene rings is 1. The first-order valence-electron chi connectivity index (χ1n) is 5.02. The average molecular weight is 272 g/mol. The standard InChI is InChI=1S/C11H14BrNO2/c1-15-11-5-7(8(12)6-10(11)14)9-3-2-4-13-9/h5-6,9,13-14H,2-4H2,1H3. The molecule has 1 aliphatic heterocycles. The molecule has 1 fully saturated rings. The molecule has 1 unspecified atom stereocenters. The van der Waals surface area contributed by atoms with Crippen LogP contribution in [0.2, 0.25) is 0 Å². The Morgan fingerprint density at radius 3 is 2.93 bits per heavy atom. The van der Waals surface area contributed by atoms with E-state index in [0.29, 0.717) is 11.8 Å². The van der Waals surface area contributed by atoms with Gasteiger partial charge in [0, 0.05) is 10.5 Å². The summed E-state index contributed by atoms with van der Waals surface area (Å²) in [7, 11) is 1.56. The van der Waals surface area contributed by atoms with Gasteiger partial charge in [0.25, 0.3) is 0 Å². The average Bonchev–Trinajstić information content (AvgIpc) is 2.71. The highest BCUT2D eigenvalue weighted by Gasteiger charge is 2.20. The van der Waals surface area contributed by atoms with Crippen molar-refractivity contribution in [3.8, 4) is 11.5 Å². The number of hydrogen-bond donors (Lipinski definition) is 2. The highest BCUT2D eigenvalue weighted by atomic mass is 79.9. The van der Waals surface area contributed by atoms with Crippen LogP contribution >= 0.6 is 15.9 Å². The maximum Gasteiger partial charge on any atom is 0.160 e. The number of rotatable bonds is 2. The van der Waals surface area contributed by atoms with E-state index in [2.05, 4.69) is 21.2 Å². The quantitative estimate of drug-likeness (QED) is 0.869. The van der Waals surface area contributed by atoms with Gasteiger partial charge in [0.15, 0.2) is 11.5 Å². The SMILES string of the molecule is COc1cc(C2CCCN2)c(Br)cc1O. The van der Waals surface area contributed by atoms with Gasteiger partial charge in [-0.2, -0.15) is 0 Å². The number of nitrogens with one attached hydrogen (secondary N) is 1. The number of methoxy groups -OCH3 is 1. The van der Waals surface area contributed by atoms with Gasteiger partial charge in [0.2, 0.25) is 0 Å². The Balaban J connectivity index is 2.37. The smallest absolute Gasteiger partial charge is 0.160 e. The van der Waals surface area contributed by atoms with Crippen LogP contribution in [0.4, 0.5) is 0 Å². The lowest BCUT2D eigenvalue weighted by molar-refractivity contribution is 0.372. The predicted octanol–water partition coefficient (Wildman–Crippen LogP) is 2.59. The van der Waals surface area contributed by atoms with Crippen molar-refractivity contribution in [3.05, 3.63) is 22.2 Å². The van der Waals surface area contributed by atoms with Gasteiger partial charge in [-0.15, -0.1) is 0 Å². The van der Waals surface area contributed by atoms with Gasteiger partial charge in [0.05, 0.1) is 7.11 Å². The molecular formula is C11H14BrNO2. The molecule has 2 N–H and O–H groups in total. The van der Waals surface area contributed by atoms with E-state index >= 15 is 0 Å². The van der Waals surface area contributed by atoms with Crippen molar-refractivity contribution < 1.29 is 9.84 Å². The molecular weight excluding hydrogens is 258 g/mol. The maximum atomic E-state index is 9.58. The van der Waals surface area contributed by atoms with Crippen LogP contribution in [-0.4, -0.2) is 18.8 Å². The van der Waals surface area contributed by atoms with E-state index in [1.807, 2.05) is 6.07 Å². The summed E-state index contributed by atoms with van der Waals surface area (Å²) in [5, 5.41) is 13.0. The molecule has 0 aromatic heterocycles. The molecule has 0 amide bonds. The molecule has 0 aliphatic carbocycles. The molecule has 0 bridgehead atoms. The number of aromatic hydroxyl groups is 1.